The van der Waals surface area contributed by atoms with Crippen LogP contribution in [0.5, 0.6) is 0 Å². The van der Waals surface area contributed by atoms with Gasteiger partial charge in [-0.2, -0.15) is 0 Å². The minimum atomic E-state index is -0.554. The lowest BCUT2D eigenvalue weighted by molar-refractivity contribution is -0.124. The van der Waals surface area contributed by atoms with Crippen LogP contribution in [-0.2, 0) is 4.79 Å². The summed E-state index contributed by atoms with van der Waals surface area (Å²) in [6.45, 7) is 10.3. The Balaban J connectivity index is 2.17. The second kappa shape index (κ2) is 5.49. The molecule has 1 heterocycles. The number of carbonyl (C=O) groups excluding carboxylic acids is 2. The van der Waals surface area contributed by atoms with Gasteiger partial charge in [-0.25, -0.2) is 0 Å². The summed E-state index contributed by atoms with van der Waals surface area (Å²) in [6.07, 6.45) is 0. The molecule has 0 fully saturated rings. The molecule has 2 rings (SSSR count). The summed E-state index contributed by atoms with van der Waals surface area (Å²) < 4.78 is 0. The van der Waals surface area contributed by atoms with Crippen molar-refractivity contribution in [1.29, 1.82) is 0 Å². The molecule has 0 saturated heterocycles. The average molecular weight is 272 g/mol. The fraction of sp³-hybridized carbons (Fsp3) is 0.375. The lowest BCUT2D eigenvalue weighted by Crippen LogP contribution is -2.45. The van der Waals surface area contributed by atoms with Gasteiger partial charge in [-0.1, -0.05) is 38.6 Å². The molecule has 4 heteroatoms. The number of carbonyl (C=O) groups is 2. The normalized spacial score (nSPS) is 15.5. The molecule has 1 unspecified atom stereocenters. The maximum atomic E-state index is 12.4. The van der Waals surface area contributed by atoms with Gasteiger partial charge in [0.15, 0.2) is 0 Å². The zero-order chi connectivity index (χ0) is 14.9. The molecule has 0 bridgehead atoms. The molecule has 0 radical (unpaired) electrons. The van der Waals surface area contributed by atoms with Crippen LogP contribution in [0.2, 0.25) is 0 Å². The molecule has 2 amide bonds. The van der Waals surface area contributed by atoms with Gasteiger partial charge >= 0.3 is 0 Å². The zero-order valence-electron chi connectivity index (χ0n) is 12.1. The predicted molar refractivity (Wildman–Crippen MR) is 79.0 cm³/mol. The van der Waals surface area contributed by atoms with E-state index in [1.54, 1.807) is 13.0 Å². The van der Waals surface area contributed by atoms with E-state index in [1.807, 2.05) is 32.0 Å². The number of amides is 2. The topological polar surface area (TPSA) is 49.4 Å². The summed E-state index contributed by atoms with van der Waals surface area (Å²) in [4.78, 5) is 26.0. The maximum Gasteiger partial charge on any atom is 0.259 e. The Labute approximate surface area is 119 Å². The summed E-state index contributed by atoms with van der Waals surface area (Å²) in [6, 6.07) is 6.75. The summed E-state index contributed by atoms with van der Waals surface area (Å²) in [5, 5.41) is 2.85. The molecule has 1 aromatic rings. The number of hydrogen-bond acceptors (Lipinski definition) is 2. The molecule has 0 aromatic heterocycles. The molecule has 1 aliphatic rings. The molecular formula is C16H20N2O2. The van der Waals surface area contributed by atoms with E-state index in [0.29, 0.717) is 23.7 Å². The third kappa shape index (κ3) is 2.46. The number of nitrogens with one attached hydrogen (secondary N) is 1. The molecule has 1 aromatic carbocycles. The molecule has 1 N–H and O–H groups in total. The SMILES string of the molecule is C=C1c2ccccc2C(=O)N1C(C)C(=O)NCC(C)C. The van der Waals surface area contributed by atoms with E-state index in [9.17, 15) is 9.59 Å². The zero-order valence-corrected chi connectivity index (χ0v) is 12.1. The minimum Gasteiger partial charge on any atom is -0.354 e. The van der Waals surface area contributed by atoms with E-state index in [-0.39, 0.29) is 11.8 Å². The van der Waals surface area contributed by atoms with Crippen LogP contribution < -0.4 is 5.32 Å². The van der Waals surface area contributed by atoms with Gasteiger partial charge in [0.1, 0.15) is 6.04 Å². The first-order valence-corrected chi connectivity index (χ1v) is 6.83. The molecular weight excluding hydrogens is 252 g/mol. The summed E-state index contributed by atoms with van der Waals surface area (Å²) in [5.74, 6) is 0.0691. The van der Waals surface area contributed by atoms with Gasteiger partial charge in [0.2, 0.25) is 5.91 Å². The van der Waals surface area contributed by atoms with E-state index >= 15 is 0 Å². The summed E-state index contributed by atoms with van der Waals surface area (Å²) in [5.41, 5.74) is 2.01. The van der Waals surface area contributed by atoms with Crippen molar-refractivity contribution in [2.75, 3.05) is 6.54 Å². The van der Waals surface area contributed by atoms with Crippen LogP contribution in [0.25, 0.3) is 5.70 Å². The highest BCUT2D eigenvalue weighted by molar-refractivity contribution is 6.10. The van der Waals surface area contributed by atoms with Crippen molar-refractivity contribution < 1.29 is 9.59 Å². The minimum absolute atomic E-state index is 0.152. The first kappa shape index (κ1) is 14.3. The predicted octanol–water partition coefficient (Wildman–Crippen LogP) is 2.27. The van der Waals surface area contributed by atoms with Crippen molar-refractivity contribution in [2.45, 2.75) is 26.8 Å². The van der Waals surface area contributed by atoms with Crippen LogP contribution in [0.1, 0.15) is 36.7 Å². The van der Waals surface area contributed by atoms with Crippen molar-refractivity contribution >= 4 is 17.5 Å². The van der Waals surface area contributed by atoms with Crippen LogP contribution in [0.3, 0.4) is 0 Å². The lowest BCUT2D eigenvalue weighted by atomic mass is 10.1. The van der Waals surface area contributed by atoms with Crippen molar-refractivity contribution in [1.82, 2.24) is 10.2 Å². The van der Waals surface area contributed by atoms with E-state index in [2.05, 4.69) is 11.9 Å². The van der Waals surface area contributed by atoms with Gasteiger partial charge in [0.25, 0.3) is 5.91 Å². The summed E-state index contributed by atoms with van der Waals surface area (Å²) >= 11 is 0. The molecule has 20 heavy (non-hydrogen) atoms. The fourth-order valence-corrected chi connectivity index (χ4v) is 2.28. The smallest absolute Gasteiger partial charge is 0.259 e. The number of fused-ring (bicyclic) bond motifs is 1. The van der Waals surface area contributed by atoms with Crippen LogP contribution in [0.15, 0.2) is 30.8 Å². The summed E-state index contributed by atoms with van der Waals surface area (Å²) in [7, 11) is 0. The van der Waals surface area contributed by atoms with Gasteiger partial charge < -0.3 is 5.32 Å². The number of hydrogen-bond donors (Lipinski definition) is 1. The molecule has 4 nitrogen and oxygen atoms in total. The molecule has 106 valence electrons. The number of benzene rings is 1. The highest BCUT2D eigenvalue weighted by Gasteiger charge is 2.36. The Morgan fingerprint density at radius 2 is 1.85 bits per heavy atom. The van der Waals surface area contributed by atoms with Crippen LogP contribution in [0.4, 0.5) is 0 Å². The van der Waals surface area contributed by atoms with Crippen molar-refractivity contribution in [3.05, 3.63) is 42.0 Å². The largest absolute Gasteiger partial charge is 0.354 e. The second-order valence-electron chi connectivity index (χ2n) is 5.48. The Bertz CT molecular complexity index is 528. The van der Waals surface area contributed by atoms with Crippen LogP contribution in [-0.4, -0.2) is 29.3 Å². The van der Waals surface area contributed by atoms with Gasteiger partial charge in [-0.05, 0) is 18.9 Å². The molecule has 0 saturated carbocycles. The monoisotopic (exact) mass is 272 g/mol. The van der Waals surface area contributed by atoms with Gasteiger partial charge in [-0.15, -0.1) is 0 Å². The van der Waals surface area contributed by atoms with Gasteiger partial charge in [0.05, 0.1) is 0 Å². The second-order valence-corrected chi connectivity index (χ2v) is 5.48. The molecule has 1 aliphatic heterocycles. The van der Waals surface area contributed by atoms with E-state index < -0.39 is 6.04 Å². The van der Waals surface area contributed by atoms with Crippen LogP contribution in [0, 0.1) is 5.92 Å². The lowest BCUT2D eigenvalue weighted by Gasteiger charge is -2.25. The van der Waals surface area contributed by atoms with Gasteiger partial charge in [0, 0.05) is 23.4 Å². The third-order valence-corrected chi connectivity index (χ3v) is 3.43. The van der Waals surface area contributed by atoms with E-state index in [1.165, 1.54) is 4.90 Å². The standard InChI is InChI=1S/C16H20N2O2/c1-10(2)9-17-15(19)12(4)18-11(3)13-7-5-6-8-14(13)16(18)20/h5-8,10,12H,3,9H2,1-2,4H3,(H,17,19). The van der Waals surface area contributed by atoms with E-state index in [0.717, 1.165) is 5.56 Å². The Morgan fingerprint density at radius 1 is 1.25 bits per heavy atom. The van der Waals surface area contributed by atoms with Crippen molar-refractivity contribution in [2.24, 2.45) is 5.92 Å². The Morgan fingerprint density at radius 3 is 2.40 bits per heavy atom. The quantitative estimate of drug-likeness (QED) is 0.914. The van der Waals surface area contributed by atoms with Crippen molar-refractivity contribution in [3.63, 3.8) is 0 Å². The Kier molecular flexibility index (Phi) is 3.93. The van der Waals surface area contributed by atoms with Crippen LogP contribution >= 0.6 is 0 Å². The highest BCUT2D eigenvalue weighted by Crippen LogP contribution is 2.32. The average Bonchev–Trinajstić information content (AvgIpc) is 2.68. The van der Waals surface area contributed by atoms with E-state index in [4.69, 9.17) is 0 Å². The third-order valence-electron chi connectivity index (χ3n) is 3.43. The highest BCUT2D eigenvalue weighted by atomic mass is 16.2. The first-order chi connectivity index (χ1) is 9.43. The molecule has 0 spiro atoms. The van der Waals surface area contributed by atoms with Gasteiger partial charge in [-0.3, -0.25) is 14.5 Å². The first-order valence-electron chi connectivity index (χ1n) is 6.83. The molecule has 0 aliphatic carbocycles. The van der Waals surface area contributed by atoms with Crippen molar-refractivity contribution in [3.8, 4) is 0 Å². The fourth-order valence-electron chi connectivity index (χ4n) is 2.28. The molecule has 1 atom stereocenters. The number of rotatable bonds is 4. The number of nitrogens with zero attached hydrogens (tertiary/aromatic N) is 1. The Hall–Kier alpha value is -2.10. The maximum absolute atomic E-state index is 12.4.